The highest BCUT2D eigenvalue weighted by atomic mass is 14.9. The van der Waals surface area contributed by atoms with Crippen LogP contribution < -0.4 is 5.73 Å². The number of benzene rings is 1. The van der Waals surface area contributed by atoms with E-state index in [1.54, 1.807) is 12.4 Å². The van der Waals surface area contributed by atoms with Gasteiger partial charge in [-0.2, -0.15) is 0 Å². The highest BCUT2D eigenvalue weighted by Gasteiger charge is 2.03. The van der Waals surface area contributed by atoms with E-state index in [0.29, 0.717) is 0 Å². The van der Waals surface area contributed by atoms with Crippen molar-refractivity contribution in [1.82, 2.24) is 15.0 Å². The van der Waals surface area contributed by atoms with E-state index >= 15 is 0 Å². The normalized spacial score (nSPS) is 10.8. The fraction of sp³-hybridized carbons (Fsp3) is 0.0769. The standard InChI is InChI=1S/C13H12N4/c14-10-1-2-11-12(8-10)17-13(16-11)7-9-3-5-15-6-4-9/h1-6,8H,7,14H2,(H,16,17). The van der Waals surface area contributed by atoms with E-state index in [1.165, 1.54) is 5.56 Å². The molecule has 0 bridgehead atoms. The second-order valence-electron chi connectivity index (χ2n) is 3.99. The maximum Gasteiger partial charge on any atom is 0.111 e. The van der Waals surface area contributed by atoms with Crippen LogP contribution in [0, 0.1) is 0 Å². The van der Waals surface area contributed by atoms with Gasteiger partial charge in [-0.1, -0.05) is 0 Å². The van der Waals surface area contributed by atoms with Crippen molar-refractivity contribution >= 4 is 16.7 Å². The number of rotatable bonds is 2. The molecule has 2 aromatic heterocycles. The second-order valence-corrected chi connectivity index (χ2v) is 3.99. The number of nitrogens with one attached hydrogen (secondary N) is 1. The van der Waals surface area contributed by atoms with Gasteiger partial charge >= 0.3 is 0 Å². The van der Waals surface area contributed by atoms with Gasteiger partial charge in [0.25, 0.3) is 0 Å². The van der Waals surface area contributed by atoms with Crippen LogP contribution in [-0.2, 0) is 6.42 Å². The van der Waals surface area contributed by atoms with E-state index in [4.69, 9.17) is 5.73 Å². The Labute approximate surface area is 98.5 Å². The number of aromatic nitrogens is 3. The molecule has 3 rings (SSSR count). The van der Waals surface area contributed by atoms with E-state index in [-0.39, 0.29) is 0 Å². The average Bonchev–Trinajstić information content (AvgIpc) is 2.71. The quantitative estimate of drug-likeness (QED) is 0.655. The van der Waals surface area contributed by atoms with Crippen molar-refractivity contribution < 1.29 is 0 Å². The molecule has 2 heterocycles. The van der Waals surface area contributed by atoms with Gasteiger partial charge in [0.15, 0.2) is 0 Å². The summed E-state index contributed by atoms with van der Waals surface area (Å²) in [6.45, 7) is 0. The van der Waals surface area contributed by atoms with Crippen LogP contribution in [0.15, 0.2) is 42.7 Å². The molecule has 3 aromatic rings. The van der Waals surface area contributed by atoms with Crippen LogP contribution in [0.1, 0.15) is 11.4 Å². The van der Waals surface area contributed by atoms with Crippen LogP contribution in [0.25, 0.3) is 11.0 Å². The smallest absolute Gasteiger partial charge is 0.111 e. The largest absolute Gasteiger partial charge is 0.399 e. The number of fused-ring (bicyclic) bond motifs is 1. The van der Waals surface area contributed by atoms with Crippen molar-refractivity contribution in [2.75, 3.05) is 5.73 Å². The maximum atomic E-state index is 5.73. The molecule has 0 aliphatic carbocycles. The van der Waals surface area contributed by atoms with Gasteiger partial charge in [0.2, 0.25) is 0 Å². The Bertz CT molecular complexity index is 643. The number of H-pyrrole nitrogens is 1. The molecule has 0 spiro atoms. The maximum absolute atomic E-state index is 5.73. The van der Waals surface area contributed by atoms with Crippen LogP contribution in [0.5, 0.6) is 0 Å². The minimum atomic E-state index is 0.747. The van der Waals surface area contributed by atoms with Gasteiger partial charge in [-0.05, 0) is 35.9 Å². The molecular formula is C13H12N4. The predicted molar refractivity (Wildman–Crippen MR) is 67.5 cm³/mol. The van der Waals surface area contributed by atoms with Crippen molar-refractivity contribution in [2.24, 2.45) is 0 Å². The van der Waals surface area contributed by atoms with Crippen LogP contribution in [0.3, 0.4) is 0 Å². The average molecular weight is 224 g/mol. The van der Waals surface area contributed by atoms with Crippen molar-refractivity contribution in [3.8, 4) is 0 Å². The van der Waals surface area contributed by atoms with E-state index in [9.17, 15) is 0 Å². The number of nitrogens with two attached hydrogens (primary N) is 1. The van der Waals surface area contributed by atoms with Gasteiger partial charge in [0.1, 0.15) is 5.82 Å². The summed E-state index contributed by atoms with van der Waals surface area (Å²) < 4.78 is 0. The van der Waals surface area contributed by atoms with Crippen molar-refractivity contribution in [1.29, 1.82) is 0 Å². The molecule has 3 N–H and O–H groups in total. The summed E-state index contributed by atoms with van der Waals surface area (Å²) in [6, 6.07) is 9.66. The lowest BCUT2D eigenvalue weighted by atomic mass is 10.2. The lowest BCUT2D eigenvalue weighted by Gasteiger charge is -1.95. The predicted octanol–water partition coefficient (Wildman–Crippen LogP) is 2.13. The zero-order chi connectivity index (χ0) is 11.7. The molecule has 4 nitrogen and oxygen atoms in total. The van der Waals surface area contributed by atoms with E-state index in [1.807, 2.05) is 30.3 Å². The van der Waals surface area contributed by atoms with Gasteiger partial charge in [-0.25, -0.2) is 4.98 Å². The molecule has 0 fully saturated rings. The third kappa shape index (κ3) is 1.97. The monoisotopic (exact) mass is 224 g/mol. The third-order valence-corrected chi connectivity index (χ3v) is 2.68. The summed E-state index contributed by atoms with van der Waals surface area (Å²) in [7, 11) is 0. The summed E-state index contributed by atoms with van der Waals surface area (Å²) in [5.41, 5.74) is 9.59. The molecule has 84 valence electrons. The fourth-order valence-electron chi connectivity index (χ4n) is 1.86. The SMILES string of the molecule is Nc1ccc2nc(Cc3ccncc3)[nH]c2c1. The first kappa shape index (κ1) is 9.84. The molecule has 17 heavy (non-hydrogen) atoms. The number of nitrogen functional groups attached to an aromatic ring is 1. The van der Waals surface area contributed by atoms with E-state index in [2.05, 4.69) is 15.0 Å². The first-order valence-electron chi connectivity index (χ1n) is 5.44. The second kappa shape index (κ2) is 3.90. The van der Waals surface area contributed by atoms with Crippen LogP contribution in [-0.4, -0.2) is 15.0 Å². The number of aromatic amines is 1. The van der Waals surface area contributed by atoms with Gasteiger partial charge < -0.3 is 10.7 Å². The lowest BCUT2D eigenvalue weighted by molar-refractivity contribution is 1.03. The molecular weight excluding hydrogens is 212 g/mol. The highest BCUT2D eigenvalue weighted by molar-refractivity contribution is 5.78. The Balaban J connectivity index is 1.96. The summed E-state index contributed by atoms with van der Waals surface area (Å²) in [5, 5.41) is 0. The molecule has 0 aliphatic rings. The van der Waals surface area contributed by atoms with Gasteiger partial charge in [0.05, 0.1) is 11.0 Å². The Kier molecular flexibility index (Phi) is 2.26. The van der Waals surface area contributed by atoms with Crippen molar-refractivity contribution in [3.05, 3.63) is 54.1 Å². The minimum absolute atomic E-state index is 0.747. The highest BCUT2D eigenvalue weighted by Crippen LogP contribution is 2.16. The van der Waals surface area contributed by atoms with Gasteiger partial charge in [-0.15, -0.1) is 0 Å². The Morgan fingerprint density at radius 2 is 1.94 bits per heavy atom. The Morgan fingerprint density at radius 3 is 2.76 bits per heavy atom. The van der Waals surface area contributed by atoms with Crippen LogP contribution >= 0.6 is 0 Å². The number of nitrogens with zero attached hydrogens (tertiary/aromatic N) is 2. The molecule has 1 aromatic carbocycles. The summed E-state index contributed by atoms with van der Waals surface area (Å²) in [5.74, 6) is 0.941. The first-order valence-corrected chi connectivity index (χ1v) is 5.44. The summed E-state index contributed by atoms with van der Waals surface area (Å²) >= 11 is 0. The van der Waals surface area contributed by atoms with Crippen LogP contribution in [0.4, 0.5) is 5.69 Å². The molecule has 0 amide bonds. The number of hydrogen-bond donors (Lipinski definition) is 2. The number of hydrogen-bond acceptors (Lipinski definition) is 3. The molecule has 0 saturated heterocycles. The molecule has 0 atom stereocenters. The number of anilines is 1. The zero-order valence-electron chi connectivity index (χ0n) is 9.22. The summed E-state index contributed by atoms with van der Waals surface area (Å²) in [6.07, 6.45) is 4.35. The van der Waals surface area contributed by atoms with Crippen molar-refractivity contribution in [2.45, 2.75) is 6.42 Å². The first-order chi connectivity index (χ1) is 8.31. The molecule has 0 unspecified atom stereocenters. The zero-order valence-corrected chi connectivity index (χ0v) is 9.22. The van der Waals surface area contributed by atoms with Crippen LogP contribution in [0.2, 0.25) is 0 Å². The van der Waals surface area contributed by atoms with Crippen molar-refractivity contribution in [3.63, 3.8) is 0 Å². The summed E-state index contributed by atoms with van der Waals surface area (Å²) in [4.78, 5) is 11.8. The topological polar surface area (TPSA) is 67.6 Å². The molecule has 0 saturated carbocycles. The minimum Gasteiger partial charge on any atom is -0.399 e. The molecule has 0 radical (unpaired) electrons. The molecule has 0 aliphatic heterocycles. The number of pyridine rings is 1. The fourth-order valence-corrected chi connectivity index (χ4v) is 1.86. The van der Waals surface area contributed by atoms with Gasteiger partial charge in [0, 0.05) is 24.5 Å². The van der Waals surface area contributed by atoms with Gasteiger partial charge in [-0.3, -0.25) is 4.98 Å². The van der Waals surface area contributed by atoms with E-state index < -0.39 is 0 Å². The van der Waals surface area contributed by atoms with E-state index in [0.717, 1.165) is 29.0 Å². The third-order valence-electron chi connectivity index (χ3n) is 2.68. The Hall–Kier alpha value is -2.36. The lowest BCUT2D eigenvalue weighted by Crippen LogP contribution is -1.90. The Morgan fingerprint density at radius 1 is 1.12 bits per heavy atom. The number of imidazole rings is 1. The molecule has 4 heteroatoms.